The third-order valence-corrected chi connectivity index (χ3v) is 7.55. The number of anilines is 1. The van der Waals surface area contributed by atoms with Crippen LogP contribution in [0.4, 0.5) is 5.13 Å². The number of hydrogen-bond donors (Lipinski definition) is 1. The Morgan fingerprint density at radius 1 is 1.03 bits per heavy atom. The minimum atomic E-state index is -0.0280. The second kappa shape index (κ2) is 11.7. The molecule has 0 atom stereocenters. The van der Waals surface area contributed by atoms with Crippen LogP contribution in [0.15, 0.2) is 18.3 Å². The van der Waals surface area contributed by atoms with Crippen LogP contribution in [0.3, 0.4) is 0 Å². The van der Waals surface area contributed by atoms with Crippen LogP contribution in [0.5, 0.6) is 0 Å². The number of piperazine rings is 2. The van der Waals surface area contributed by atoms with Crippen molar-refractivity contribution in [2.24, 2.45) is 0 Å². The van der Waals surface area contributed by atoms with E-state index in [0.717, 1.165) is 74.3 Å². The number of likely N-dealkylation sites (N-methyl/N-ethyl adjacent to an activating group) is 1. The number of pyridine rings is 1. The molecule has 0 aromatic carbocycles. The molecular weight excluding hydrogens is 438 g/mol. The molecule has 0 spiro atoms. The standard InChI is InChI=1S/C23H35N7O2S/c1-2-27-11-13-28(14-12-27)10-4-9-24-20(31)6-7-21(32)29-15-17-30(18-16-29)23-26-19-5-3-8-25-22(19)33-23/h3,5,8H,2,4,6-7,9-18H2,1H3,(H,24,31). The van der Waals surface area contributed by atoms with Crippen LogP contribution in [0, 0.1) is 0 Å². The molecule has 4 rings (SSSR count). The summed E-state index contributed by atoms with van der Waals surface area (Å²) in [6.07, 6.45) is 3.27. The first kappa shape index (κ1) is 23.8. The van der Waals surface area contributed by atoms with Gasteiger partial charge in [-0.3, -0.25) is 9.59 Å². The summed E-state index contributed by atoms with van der Waals surface area (Å²) < 4.78 is 0. The van der Waals surface area contributed by atoms with Crippen molar-refractivity contribution in [3.8, 4) is 0 Å². The van der Waals surface area contributed by atoms with E-state index in [4.69, 9.17) is 0 Å². The molecule has 180 valence electrons. The molecule has 10 heteroatoms. The Bertz CT molecular complexity index is 887. The second-order valence-corrected chi connectivity index (χ2v) is 9.63. The number of carbonyl (C=O) groups is 2. The van der Waals surface area contributed by atoms with Crippen molar-refractivity contribution in [2.45, 2.75) is 26.2 Å². The number of nitrogens with one attached hydrogen (secondary N) is 1. The zero-order valence-corrected chi connectivity index (χ0v) is 20.4. The minimum absolute atomic E-state index is 0.0280. The van der Waals surface area contributed by atoms with E-state index in [9.17, 15) is 9.59 Å². The summed E-state index contributed by atoms with van der Waals surface area (Å²) in [4.78, 5) is 43.7. The van der Waals surface area contributed by atoms with Gasteiger partial charge in [-0.05, 0) is 31.6 Å². The lowest BCUT2D eigenvalue weighted by Crippen LogP contribution is -2.49. The molecule has 0 radical (unpaired) electrons. The molecule has 0 bridgehead atoms. The minimum Gasteiger partial charge on any atom is -0.356 e. The van der Waals surface area contributed by atoms with Gasteiger partial charge in [0.2, 0.25) is 11.8 Å². The Kier molecular flexibility index (Phi) is 8.46. The smallest absolute Gasteiger partial charge is 0.223 e. The Morgan fingerprint density at radius 2 is 1.79 bits per heavy atom. The molecule has 1 N–H and O–H groups in total. The van der Waals surface area contributed by atoms with E-state index in [0.29, 0.717) is 19.6 Å². The van der Waals surface area contributed by atoms with Crippen LogP contribution in [0.25, 0.3) is 10.3 Å². The van der Waals surface area contributed by atoms with Crippen molar-refractivity contribution in [2.75, 3.05) is 76.9 Å². The van der Waals surface area contributed by atoms with Gasteiger partial charge in [-0.25, -0.2) is 9.97 Å². The molecule has 9 nitrogen and oxygen atoms in total. The van der Waals surface area contributed by atoms with E-state index in [1.807, 2.05) is 17.0 Å². The number of amides is 2. The van der Waals surface area contributed by atoms with Gasteiger partial charge in [0.05, 0.1) is 0 Å². The summed E-state index contributed by atoms with van der Waals surface area (Å²) in [6.45, 7) is 12.4. The summed E-state index contributed by atoms with van der Waals surface area (Å²) >= 11 is 1.59. The van der Waals surface area contributed by atoms with Gasteiger partial charge in [-0.1, -0.05) is 18.3 Å². The Labute approximate surface area is 199 Å². The number of hydrogen-bond acceptors (Lipinski definition) is 8. The van der Waals surface area contributed by atoms with Gasteiger partial charge in [0.25, 0.3) is 0 Å². The first-order chi connectivity index (χ1) is 16.1. The highest BCUT2D eigenvalue weighted by Crippen LogP contribution is 2.27. The van der Waals surface area contributed by atoms with Crippen molar-refractivity contribution in [3.63, 3.8) is 0 Å². The van der Waals surface area contributed by atoms with Crippen molar-refractivity contribution >= 4 is 38.6 Å². The molecule has 33 heavy (non-hydrogen) atoms. The fourth-order valence-corrected chi connectivity index (χ4v) is 5.33. The van der Waals surface area contributed by atoms with Gasteiger partial charge < -0.3 is 24.9 Å². The zero-order chi connectivity index (χ0) is 23.0. The molecule has 2 saturated heterocycles. The summed E-state index contributed by atoms with van der Waals surface area (Å²) in [6, 6.07) is 3.87. The Hall–Kier alpha value is -2.30. The van der Waals surface area contributed by atoms with Gasteiger partial charge in [-0.15, -0.1) is 0 Å². The van der Waals surface area contributed by atoms with Crippen molar-refractivity contribution in [1.82, 2.24) is 30.0 Å². The quantitative estimate of drug-likeness (QED) is 0.549. The Balaban J connectivity index is 1.09. The highest BCUT2D eigenvalue weighted by Gasteiger charge is 2.23. The van der Waals surface area contributed by atoms with Crippen molar-refractivity contribution in [3.05, 3.63) is 18.3 Å². The van der Waals surface area contributed by atoms with Crippen LogP contribution in [-0.4, -0.2) is 108 Å². The third-order valence-electron chi connectivity index (χ3n) is 6.51. The van der Waals surface area contributed by atoms with Crippen molar-refractivity contribution in [1.29, 1.82) is 0 Å². The number of aromatic nitrogens is 2. The number of nitrogens with zero attached hydrogens (tertiary/aromatic N) is 6. The van der Waals surface area contributed by atoms with E-state index < -0.39 is 0 Å². The Morgan fingerprint density at radius 3 is 2.52 bits per heavy atom. The monoisotopic (exact) mass is 473 g/mol. The van der Waals surface area contributed by atoms with Crippen LogP contribution < -0.4 is 10.2 Å². The SMILES string of the molecule is CCN1CCN(CCCNC(=O)CCC(=O)N2CCN(c3nc4cccnc4s3)CC2)CC1. The van der Waals surface area contributed by atoms with Gasteiger partial charge in [0.1, 0.15) is 10.3 Å². The maximum atomic E-state index is 12.6. The average molecular weight is 474 g/mol. The van der Waals surface area contributed by atoms with Crippen molar-refractivity contribution < 1.29 is 9.59 Å². The molecular formula is C23H35N7O2S. The molecule has 2 amide bonds. The van der Waals surface area contributed by atoms with E-state index >= 15 is 0 Å². The first-order valence-corrected chi connectivity index (χ1v) is 12.9. The summed E-state index contributed by atoms with van der Waals surface area (Å²) in [5.41, 5.74) is 0.918. The fourth-order valence-electron chi connectivity index (χ4n) is 4.37. The van der Waals surface area contributed by atoms with Crippen LogP contribution in [-0.2, 0) is 9.59 Å². The molecule has 2 aromatic heterocycles. The number of fused-ring (bicyclic) bond motifs is 1. The first-order valence-electron chi connectivity index (χ1n) is 12.1. The maximum absolute atomic E-state index is 12.6. The fraction of sp³-hybridized carbons (Fsp3) is 0.652. The van der Waals surface area contributed by atoms with Gasteiger partial charge in [0, 0.05) is 77.9 Å². The zero-order valence-electron chi connectivity index (χ0n) is 19.5. The summed E-state index contributed by atoms with van der Waals surface area (Å²) in [5.74, 6) is 0.0318. The lowest BCUT2D eigenvalue weighted by atomic mass is 10.2. The average Bonchev–Trinajstić information content (AvgIpc) is 3.30. The predicted octanol–water partition coefficient (Wildman–Crippen LogP) is 1.26. The van der Waals surface area contributed by atoms with E-state index in [1.165, 1.54) is 0 Å². The molecule has 4 heterocycles. The third kappa shape index (κ3) is 6.61. The summed E-state index contributed by atoms with van der Waals surface area (Å²) in [7, 11) is 0. The van der Waals surface area contributed by atoms with Gasteiger partial charge in [-0.2, -0.15) is 0 Å². The number of thiazole rings is 1. The lowest BCUT2D eigenvalue weighted by Gasteiger charge is -2.34. The van der Waals surface area contributed by atoms with Gasteiger partial charge >= 0.3 is 0 Å². The largest absolute Gasteiger partial charge is 0.356 e. The molecule has 2 aromatic rings. The lowest BCUT2D eigenvalue weighted by molar-refractivity contribution is -0.133. The van der Waals surface area contributed by atoms with E-state index in [1.54, 1.807) is 17.5 Å². The molecule has 0 unspecified atom stereocenters. The molecule has 2 aliphatic rings. The van der Waals surface area contributed by atoms with Crippen LogP contribution in [0.1, 0.15) is 26.2 Å². The topological polar surface area (TPSA) is 84.9 Å². The highest BCUT2D eigenvalue weighted by atomic mass is 32.1. The van der Waals surface area contributed by atoms with Crippen LogP contribution in [0.2, 0.25) is 0 Å². The summed E-state index contributed by atoms with van der Waals surface area (Å²) in [5, 5.41) is 3.93. The number of rotatable bonds is 9. The normalized spacial score (nSPS) is 18.1. The van der Waals surface area contributed by atoms with E-state index in [-0.39, 0.29) is 24.7 Å². The number of carbonyl (C=O) groups excluding carboxylic acids is 2. The molecule has 2 aliphatic heterocycles. The molecule has 0 aliphatic carbocycles. The second-order valence-electron chi connectivity index (χ2n) is 8.67. The predicted molar refractivity (Wildman–Crippen MR) is 132 cm³/mol. The van der Waals surface area contributed by atoms with Crippen LogP contribution >= 0.6 is 11.3 Å². The van der Waals surface area contributed by atoms with Gasteiger partial charge in [0.15, 0.2) is 5.13 Å². The maximum Gasteiger partial charge on any atom is 0.223 e. The highest BCUT2D eigenvalue weighted by molar-refractivity contribution is 7.21. The van der Waals surface area contributed by atoms with E-state index in [2.05, 4.69) is 36.9 Å². The molecule has 0 saturated carbocycles. The molecule has 2 fully saturated rings.